The molecular weight excluding hydrogens is 154 g/mol. The summed E-state index contributed by atoms with van der Waals surface area (Å²) in [5.41, 5.74) is 1.42. The molecule has 1 nitrogen and oxygen atoms in total. The van der Waals surface area contributed by atoms with Gasteiger partial charge in [0.25, 0.3) is 0 Å². The molecule has 0 aromatic rings. The molecule has 0 aromatic carbocycles. The normalized spacial score (nSPS) is 25.7. The van der Waals surface area contributed by atoms with E-state index in [1.807, 2.05) is 11.8 Å². The van der Waals surface area contributed by atoms with Gasteiger partial charge < -0.3 is 0 Å². The first-order valence-electron chi connectivity index (χ1n) is 4.32. The number of hydrogen-bond acceptors (Lipinski definition) is 2. The van der Waals surface area contributed by atoms with Gasteiger partial charge in [-0.05, 0) is 24.3 Å². The third kappa shape index (κ3) is 2.22. The van der Waals surface area contributed by atoms with Crippen LogP contribution in [-0.2, 0) is 0 Å². The smallest absolute Gasteiger partial charge is 0.0584 e. The molecule has 64 valence electrons. The van der Waals surface area contributed by atoms with Crippen LogP contribution < -0.4 is 0 Å². The van der Waals surface area contributed by atoms with Crippen LogP contribution in [0.2, 0.25) is 0 Å². The molecule has 2 heteroatoms. The quantitative estimate of drug-likeness (QED) is 0.633. The van der Waals surface area contributed by atoms with Gasteiger partial charge in [0.15, 0.2) is 0 Å². The molecule has 0 saturated heterocycles. The molecule has 0 spiro atoms. The fraction of sp³-hybridized carbons (Fsp3) is 0.889. The van der Waals surface area contributed by atoms with Gasteiger partial charge >= 0.3 is 0 Å². The lowest BCUT2D eigenvalue weighted by Crippen LogP contribution is -2.30. The first kappa shape index (κ1) is 9.11. The van der Waals surface area contributed by atoms with Crippen LogP contribution in [0, 0.1) is 5.92 Å². The summed E-state index contributed by atoms with van der Waals surface area (Å²) in [6.07, 6.45) is 4.58. The van der Waals surface area contributed by atoms with Gasteiger partial charge in [-0.25, -0.2) is 0 Å². The predicted molar refractivity (Wildman–Crippen MR) is 53.7 cm³/mol. The van der Waals surface area contributed by atoms with Crippen molar-refractivity contribution in [1.29, 1.82) is 0 Å². The summed E-state index contributed by atoms with van der Waals surface area (Å²) in [5, 5.41) is 0. The van der Waals surface area contributed by atoms with E-state index in [2.05, 4.69) is 25.1 Å². The lowest BCUT2D eigenvalue weighted by molar-refractivity contribution is 0.480. The Morgan fingerprint density at radius 2 is 2.36 bits per heavy atom. The zero-order chi connectivity index (χ0) is 8.27. The Morgan fingerprint density at radius 1 is 1.73 bits per heavy atom. The Bertz CT molecular complexity index is 154. The van der Waals surface area contributed by atoms with Crippen LogP contribution in [-0.4, -0.2) is 23.8 Å². The van der Waals surface area contributed by atoms with Crippen molar-refractivity contribution in [1.82, 2.24) is 0 Å². The van der Waals surface area contributed by atoms with E-state index in [4.69, 9.17) is 0 Å². The summed E-state index contributed by atoms with van der Waals surface area (Å²) in [6.45, 7) is 4.49. The fourth-order valence-electron chi connectivity index (χ4n) is 1.40. The van der Waals surface area contributed by atoms with Gasteiger partial charge in [0.2, 0.25) is 0 Å². The van der Waals surface area contributed by atoms with Gasteiger partial charge in [0.05, 0.1) is 6.04 Å². The SMILES string of the molecule is CCC1=NC(C(C)CSC)C1. The lowest BCUT2D eigenvalue weighted by atomic mass is 9.92. The maximum Gasteiger partial charge on any atom is 0.0584 e. The van der Waals surface area contributed by atoms with E-state index in [0.29, 0.717) is 6.04 Å². The van der Waals surface area contributed by atoms with Crippen molar-refractivity contribution in [2.75, 3.05) is 12.0 Å². The van der Waals surface area contributed by atoms with Crippen LogP contribution >= 0.6 is 11.8 Å². The molecule has 0 radical (unpaired) electrons. The number of hydrogen-bond donors (Lipinski definition) is 0. The molecule has 0 bridgehead atoms. The summed E-state index contributed by atoms with van der Waals surface area (Å²) in [6, 6.07) is 0.650. The molecule has 1 rings (SSSR count). The second-order valence-electron chi connectivity index (χ2n) is 3.25. The third-order valence-corrected chi connectivity index (χ3v) is 3.15. The van der Waals surface area contributed by atoms with Gasteiger partial charge in [0, 0.05) is 12.1 Å². The summed E-state index contributed by atoms with van der Waals surface area (Å²) in [4.78, 5) is 4.56. The fourth-order valence-corrected chi connectivity index (χ4v) is 2.15. The lowest BCUT2D eigenvalue weighted by Gasteiger charge is -2.28. The van der Waals surface area contributed by atoms with Gasteiger partial charge in [-0.2, -0.15) is 11.8 Å². The minimum atomic E-state index is 0.650. The Balaban J connectivity index is 2.25. The minimum Gasteiger partial charge on any atom is -0.290 e. The van der Waals surface area contributed by atoms with E-state index in [0.717, 1.165) is 12.3 Å². The molecule has 1 aliphatic heterocycles. The molecule has 0 saturated carbocycles. The van der Waals surface area contributed by atoms with Crippen molar-refractivity contribution in [3.8, 4) is 0 Å². The highest BCUT2D eigenvalue weighted by Gasteiger charge is 2.24. The summed E-state index contributed by atoms with van der Waals surface area (Å²) in [7, 11) is 0. The van der Waals surface area contributed by atoms with Crippen LogP contribution in [0.1, 0.15) is 26.7 Å². The second kappa shape index (κ2) is 4.15. The van der Waals surface area contributed by atoms with Crippen molar-refractivity contribution in [2.45, 2.75) is 32.7 Å². The first-order valence-corrected chi connectivity index (χ1v) is 5.71. The average molecular weight is 171 g/mol. The molecule has 1 heterocycles. The standard InChI is InChI=1S/C9H17NS/c1-4-8-5-9(10-8)7(2)6-11-3/h7,9H,4-6H2,1-3H3. The Morgan fingerprint density at radius 3 is 2.82 bits per heavy atom. The highest BCUT2D eigenvalue weighted by Crippen LogP contribution is 2.24. The molecule has 1 aliphatic rings. The van der Waals surface area contributed by atoms with Crippen LogP contribution in [0.25, 0.3) is 0 Å². The van der Waals surface area contributed by atoms with Crippen molar-refractivity contribution in [3.63, 3.8) is 0 Å². The molecule has 0 amide bonds. The summed E-state index contributed by atoms with van der Waals surface area (Å²) in [5.74, 6) is 2.03. The maximum atomic E-state index is 4.56. The molecule has 0 fully saturated rings. The highest BCUT2D eigenvalue weighted by molar-refractivity contribution is 7.98. The number of thioether (sulfide) groups is 1. The monoisotopic (exact) mass is 171 g/mol. The third-order valence-electron chi connectivity index (χ3n) is 2.29. The van der Waals surface area contributed by atoms with Crippen molar-refractivity contribution >= 4 is 17.5 Å². The maximum absolute atomic E-state index is 4.56. The van der Waals surface area contributed by atoms with Crippen molar-refractivity contribution in [3.05, 3.63) is 0 Å². The summed E-state index contributed by atoms with van der Waals surface area (Å²) >= 11 is 1.93. The van der Waals surface area contributed by atoms with E-state index in [1.165, 1.54) is 17.9 Å². The topological polar surface area (TPSA) is 12.4 Å². The van der Waals surface area contributed by atoms with Crippen LogP contribution in [0.15, 0.2) is 4.99 Å². The largest absolute Gasteiger partial charge is 0.290 e. The summed E-state index contributed by atoms with van der Waals surface area (Å²) < 4.78 is 0. The van der Waals surface area contributed by atoms with E-state index < -0.39 is 0 Å². The van der Waals surface area contributed by atoms with Crippen molar-refractivity contribution < 1.29 is 0 Å². The molecule has 2 unspecified atom stereocenters. The van der Waals surface area contributed by atoms with Gasteiger partial charge in [-0.3, -0.25) is 4.99 Å². The Hall–Kier alpha value is 0.0200. The van der Waals surface area contributed by atoms with E-state index in [-0.39, 0.29) is 0 Å². The molecule has 0 aliphatic carbocycles. The van der Waals surface area contributed by atoms with Crippen LogP contribution in [0.4, 0.5) is 0 Å². The molecule has 2 atom stereocenters. The van der Waals surface area contributed by atoms with Gasteiger partial charge in [-0.1, -0.05) is 13.8 Å². The zero-order valence-corrected chi connectivity index (χ0v) is 8.45. The van der Waals surface area contributed by atoms with E-state index in [1.54, 1.807) is 0 Å². The minimum absolute atomic E-state index is 0.650. The van der Waals surface area contributed by atoms with E-state index in [9.17, 15) is 0 Å². The average Bonchev–Trinajstić information content (AvgIpc) is 1.86. The highest BCUT2D eigenvalue weighted by atomic mass is 32.2. The Labute approximate surface area is 73.7 Å². The van der Waals surface area contributed by atoms with Gasteiger partial charge in [0.1, 0.15) is 0 Å². The Kier molecular flexibility index (Phi) is 3.44. The molecule has 0 N–H and O–H groups in total. The van der Waals surface area contributed by atoms with Crippen molar-refractivity contribution in [2.24, 2.45) is 10.9 Å². The molecule has 0 aromatic heterocycles. The van der Waals surface area contributed by atoms with E-state index >= 15 is 0 Å². The molecular formula is C9H17NS. The van der Waals surface area contributed by atoms with Gasteiger partial charge in [-0.15, -0.1) is 0 Å². The van der Waals surface area contributed by atoms with Crippen LogP contribution in [0.5, 0.6) is 0 Å². The number of nitrogens with zero attached hydrogens (tertiary/aromatic N) is 1. The first-order chi connectivity index (χ1) is 5.27. The zero-order valence-electron chi connectivity index (χ0n) is 7.63. The molecule has 11 heavy (non-hydrogen) atoms. The number of aliphatic imine (C=N–C) groups is 1. The van der Waals surface area contributed by atoms with Crippen LogP contribution in [0.3, 0.4) is 0 Å². The number of rotatable bonds is 4. The second-order valence-corrected chi connectivity index (χ2v) is 4.16. The predicted octanol–water partition coefficient (Wildman–Crippen LogP) is 2.61.